The number of hydrogen-bond acceptors (Lipinski definition) is 2. The maximum Gasteiger partial charge on any atom is 0.343 e. The van der Waals surface area contributed by atoms with Crippen molar-refractivity contribution in [3.05, 3.63) is 30.0 Å². The number of nitrogens with zero attached hydrogens (tertiary/aromatic N) is 1. The molecule has 0 aliphatic rings. The second kappa shape index (κ2) is 4.08. The third-order valence-electron chi connectivity index (χ3n) is 2.72. The molecule has 1 aromatic heterocycles. The van der Waals surface area contributed by atoms with E-state index in [2.05, 4.69) is 0 Å². The molecule has 0 amide bonds. The minimum Gasteiger partial charge on any atom is -0.497 e. The monoisotopic (exact) mass is 237 g/mol. The molecule has 0 spiro atoms. The zero-order valence-corrected chi connectivity index (χ0v) is 9.48. The Hall–Kier alpha value is -2.04. The number of ether oxygens (including phenoxy) is 1. The Morgan fingerprint density at radius 1 is 1.53 bits per heavy atom. The van der Waals surface area contributed by atoms with Crippen LogP contribution >= 0.6 is 0 Å². The van der Waals surface area contributed by atoms with Gasteiger partial charge in [0, 0.05) is 29.7 Å². The average Bonchev–Trinajstić information content (AvgIpc) is 2.65. The first-order valence-electron chi connectivity index (χ1n) is 5.04. The minimum atomic E-state index is -2.02. The van der Waals surface area contributed by atoms with Crippen molar-refractivity contribution in [2.24, 2.45) is 7.05 Å². The molecule has 1 atom stereocenters. The van der Waals surface area contributed by atoms with Crippen LogP contribution in [0.3, 0.4) is 0 Å². The number of alkyl halides is 1. The Kier molecular flexibility index (Phi) is 2.75. The number of carboxylic acids is 1. The fourth-order valence-electron chi connectivity index (χ4n) is 1.86. The highest BCUT2D eigenvalue weighted by molar-refractivity contribution is 5.90. The van der Waals surface area contributed by atoms with Gasteiger partial charge in [0.25, 0.3) is 0 Å². The van der Waals surface area contributed by atoms with E-state index in [-0.39, 0.29) is 5.56 Å². The van der Waals surface area contributed by atoms with Crippen LogP contribution in [0.15, 0.2) is 24.4 Å². The van der Waals surface area contributed by atoms with Crippen molar-refractivity contribution in [1.29, 1.82) is 0 Å². The summed E-state index contributed by atoms with van der Waals surface area (Å²) in [4.78, 5) is 10.7. The van der Waals surface area contributed by atoms with Gasteiger partial charge in [-0.15, -0.1) is 0 Å². The topological polar surface area (TPSA) is 51.5 Å². The van der Waals surface area contributed by atoms with Crippen molar-refractivity contribution >= 4 is 16.9 Å². The summed E-state index contributed by atoms with van der Waals surface area (Å²) in [5.41, 5.74) is 0.915. The number of halogens is 1. The predicted molar refractivity (Wildman–Crippen MR) is 61.0 cm³/mol. The van der Waals surface area contributed by atoms with Gasteiger partial charge >= 0.3 is 5.97 Å². The Bertz CT molecular complexity index is 576. The molecule has 1 unspecified atom stereocenters. The van der Waals surface area contributed by atoms with Crippen LogP contribution in [0.4, 0.5) is 4.39 Å². The zero-order valence-electron chi connectivity index (χ0n) is 9.48. The van der Waals surface area contributed by atoms with Crippen molar-refractivity contribution < 1.29 is 19.0 Å². The van der Waals surface area contributed by atoms with Crippen LogP contribution in [0.5, 0.6) is 5.75 Å². The van der Waals surface area contributed by atoms with E-state index < -0.39 is 12.1 Å². The fourth-order valence-corrected chi connectivity index (χ4v) is 1.86. The molecule has 0 saturated carbocycles. The minimum absolute atomic E-state index is 0.147. The van der Waals surface area contributed by atoms with Crippen LogP contribution in [0, 0.1) is 0 Å². The van der Waals surface area contributed by atoms with Gasteiger partial charge in [-0.1, -0.05) is 0 Å². The van der Waals surface area contributed by atoms with E-state index in [1.807, 2.05) is 0 Å². The lowest BCUT2D eigenvalue weighted by molar-refractivity contribution is -0.142. The summed E-state index contributed by atoms with van der Waals surface area (Å²) >= 11 is 0. The van der Waals surface area contributed by atoms with Gasteiger partial charge in [0.15, 0.2) is 0 Å². The number of carboxylic acid groups (broad SMARTS) is 1. The summed E-state index contributed by atoms with van der Waals surface area (Å²) in [5.74, 6) is -0.914. The number of hydrogen-bond donors (Lipinski definition) is 1. The van der Waals surface area contributed by atoms with Crippen molar-refractivity contribution in [3.8, 4) is 5.75 Å². The summed E-state index contributed by atoms with van der Waals surface area (Å²) in [5, 5.41) is 9.27. The molecular formula is C12H12FNO3. The number of carbonyl (C=O) groups is 1. The molecule has 0 aliphatic carbocycles. The third-order valence-corrected chi connectivity index (χ3v) is 2.72. The molecule has 0 saturated heterocycles. The highest BCUT2D eigenvalue weighted by atomic mass is 19.1. The van der Waals surface area contributed by atoms with Crippen LogP contribution in [0.1, 0.15) is 11.7 Å². The van der Waals surface area contributed by atoms with Crippen LogP contribution < -0.4 is 4.74 Å². The van der Waals surface area contributed by atoms with Gasteiger partial charge in [-0.2, -0.15) is 0 Å². The number of methoxy groups -OCH3 is 1. The number of aryl methyl sites for hydroxylation is 1. The summed E-state index contributed by atoms with van der Waals surface area (Å²) in [6.45, 7) is 0. The molecule has 2 aromatic rings. The second-order valence-electron chi connectivity index (χ2n) is 3.78. The SMILES string of the molecule is COc1ccc2c(c1)c(C(F)C(=O)O)cn2C. The Balaban J connectivity index is 2.67. The Morgan fingerprint density at radius 2 is 2.24 bits per heavy atom. The molecule has 90 valence electrons. The van der Waals surface area contributed by atoms with Gasteiger partial charge in [-0.25, -0.2) is 9.18 Å². The smallest absolute Gasteiger partial charge is 0.343 e. The highest BCUT2D eigenvalue weighted by Crippen LogP contribution is 2.31. The summed E-state index contributed by atoms with van der Waals surface area (Å²) < 4.78 is 20.3. The molecule has 5 heteroatoms. The van der Waals surface area contributed by atoms with Crippen molar-refractivity contribution in [2.75, 3.05) is 7.11 Å². The summed E-state index contributed by atoms with van der Waals surface area (Å²) in [6, 6.07) is 5.16. The zero-order chi connectivity index (χ0) is 12.6. The number of rotatable bonds is 3. The molecule has 17 heavy (non-hydrogen) atoms. The summed E-state index contributed by atoms with van der Waals surface area (Å²) in [7, 11) is 3.25. The molecule has 2 rings (SSSR count). The molecule has 0 radical (unpaired) electrons. The van der Waals surface area contributed by atoms with Gasteiger partial charge < -0.3 is 14.4 Å². The number of fused-ring (bicyclic) bond motifs is 1. The van der Waals surface area contributed by atoms with Gasteiger partial charge in [0.1, 0.15) is 5.75 Å². The highest BCUT2D eigenvalue weighted by Gasteiger charge is 2.23. The number of aromatic nitrogens is 1. The van der Waals surface area contributed by atoms with Gasteiger partial charge in [-0.3, -0.25) is 0 Å². The lowest BCUT2D eigenvalue weighted by Gasteiger charge is -2.03. The fraction of sp³-hybridized carbons (Fsp3) is 0.250. The maximum absolute atomic E-state index is 13.6. The van der Waals surface area contributed by atoms with Crippen molar-refractivity contribution in [2.45, 2.75) is 6.17 Å². The van der Waals surface area contributed by atoms with E-state index in [9.17, 15) is 9.18 Å². The first-order valence-corrected chi connectivity index (χ1v) is 5.04. The van der Waals surface area contributed by atoms with Crippen molar-refractivity contribution in [1.82, 2.24) is 4.57 Å². The molecule has 1 N–H and O–H groups in total. The normalized spacial score (nSPS) is 12.6. The first kappa shape index (κ1) is 11.4. The molecule has 1 heterocycles. The summed E-state index contributed by atoms with van der Waals surface area (Å²) in [6.07, 6.45) is -0.533. The maximum atomic E-state index is 13.6. The standard InChI is InChI=1S/C12H12FNO3/c1-14-6-9(11(13)12(15)16)8-5-7(17-2)3-4-10(8)14/h3-6,11H,1-2H3,(H,15,16). The van der Waals surface area contributed by atoms with Crippen LogP contribution in [0.25, 0.3) is 10.9 Å². The lowest BCUT2D eigenvalue weighted by atomic mass is 10.1. The largest absolute Gasteiger partial charge is 0.497 e. The predicted octanol–water partition coefficient (Wildman–Crippen LogP) is 2.28. The van der Waals surface area contributed by atoms with Gasteiger partial charge in [0.05, 0.1) is 7.11 Å². The van der Waals surface area contributed by atoms with E-state index in [1.165, 1.54) is 13.3 Å². The van der Waals surface area contributed by atoms with E-state index in [1.54, 1.807) is 29.8 Å². The number of benzene rings is 1. The van der Waals surface area contributed by atoms with E-state index in [0.717, 1.165) is 5.52 Å². The third kappa shape index (κ3) is 1.84. The number of aliphatic carboxylic acids is 1. The Labute approximate surface area is 97.2 Å². The molecule has 0 fully saturated rings. The van der Waals surface area contributed by atoms with Crippen molar-refractivity contribution in [3.63, 3.8) is 0 Å². The first-order chi connectivity index (χ1) is 8.04. The van der Waals surface area contributed by atoms with E-state index >= 15 is 0 Å². The molecule has 1 aromatic carbocycles. The quantitative estimate of drug-likeness (QED) is 0.891. The molecule has 4 nitrogen and oxygen atoms in total. The lowest BCUT2D eigenvalue weighted by Crippen LogP contribution is -2.05. The molecular weight excluding hydrogens is 225 g/mol. The second-order valence-corrected chi connectivity index (χ2v) is 3.78. The van der Waals surface area contributed by atoms with E-state index in [0.29, 0.717) is 11.1 Å². The Morgan fingerprint density at radius 3 is 2.82 bits per heavy atom. The van der Waals surface area contributed by atoms with Gasteiger partial charge in [0.2, 0.25) is 6.17 Å². The van der Waals surface area contributed by atoms with Crippen LogP contribution in [-0.2, 0) is 11.8 Å². The van der Waals surface area contributed by atoms with Crippen LogP contribution in [-0.4, -0.2) is 22.8 Å². The molecule has 0 bridgehead atoms. The van der Waals surface area contributed by atoms with Gasteiger partial charge in [-0.05, 0) is 18.2 Å². The molecule has 0 aliphatic heterocycles. The van der Waals surface area contributed by atoms with Crippen LogP contribution in [0.2, 0.25) is 0 Å². The van der Waals surface area contributed by atoms with E-state index in [4.69, 9.17) is 9.84 Å². The average molecular weight is 237 g/mol.